The molecular weight excluding hydrogens is 436 g/mol. The van der Waals surface area contributed by atoms with E-state index in [1.54, 1.807) is 0 Å². The number of fused-ring (bicyclic) bond motifs is 2. The van der Waals surface area contributed by atoms with Crippen molar-refractivity contribution in [1.29, 1.82) is 0 Å². The quantitative estimate of drug-likeness (QED) is 0.245. The lowest BCUT2D eigenvalue weighted by atomic mass is 10.1. The predicted molar refractivity (Wildman–Crippen MR) is 141 cm³/mol. The van der Waals surface area contributed by atoms with Gasteiger partial charge in [0, 0.05) is 23.7 Å². The van der Waals surface area contributed by atoms with Crippen molar-refractivity contribution in [2.24, 2.45) is 0 Å². The number of benzene rings is 3. The molecule has 6 heteroatoms. The molecule has 0 bridgehead atoms. The van der Waals surface area contributed by atoms with Gasteiger partial charge in [-0.15, -0.1) is 0 Å². The summed E-state index contributed by atoms with van der Waals surface area (Å²) in [5.74, 6) is 1.50. The summed E-state index contributed by atoms with van der Waals surface area (Å²) >= 11 is 0. The van der Waals surface area contributed by atoms with Crippen LogP contribution in [0.25, 0.3) is 44.8 Å². The molecule has 2 aromatic heterocycles. The van der Waals surface area contributed by atoms with E-state index in [0.717, 1.165) is 64.2 Å². The molecule has 0 saturated heterocycles. The first-order valence-corrected chi connectivity index (χ1v) is 12.2. The van der Waals surface area contributed by atoms with Crippen molar-refractivity contribution >= 4 is 28.0 Å². The number of esters is 1. The van der Waals surface area contributed by atoms with Crippen molar-refractivity contribution in [3.8, 4) is 22.8 Å². The molecule has 0 aliphatic carbocycles. The number of methoxy groups -OCH3 is 1. The lowest BCUT2D eigenvalue weighted by Gasteiger charge is -2.13. The highest BCUT2D eigenvalue weighted by molar-refractivity contribution is 5.94. The van der Waals surface area contributed by atoms with Crippen LogP contribution in [0.4, 0.5) is 0 Å². The number of hydrogen-bond acceptors (Lipinski definition) is 4. The number of aryl methyl sites for hydroxylation is 1. The summed E-state index contributed by atoms with van der Waals surface area (Å²) in [4.78, 5) is 22.1. The highest BCUT2D eigenvalue weighted by atomic mass is 16.5. The van der Waals surface area contributed by atoms with Crippen molar-refractivity contribution in [3.63, 3.8) is 0 Å². The third-order valence-corrected chi connectivity index (χ3v) is 6.40. The zero-order chi connectivity index (χ0) is 24.5. The summed E-state index contributed by atoms with van der Waals surface area (Å²) in [5.41, 5.74) is 6.47. The fourth-order valence-electron chi connectivity index (χ4n) is 4.69. The van der Waals surface area contributed by atoms with Gasteiger partial charge in [0.2, 0.25) is 0 Å². The molecule has 5 aromatic rings. The molecule has 2 heterocycles. The number of unbranched alkanes of at least 4 members (excludes halogenated alkanes) is 1. The van der Waals surface area contributed by atoms with E-state index in [4.69, 9.17) is 14.7 Å². The van der Waals surface area contributed by atoms with Gasteiger partial charge in [0.25, 0.3) is 0 Å². The van der Waals surface area contributed by atoms with Crippen LogP contribution in [-0.4, -0.2) is 32.2 Å². The summed E-state index contributed by atoms with van der Waals surface area (Å²) in [5, 5.41) is 0. The normalized spacial score (nSPS) is 11.6. The minimum Gasteiger partial charge on any atom is -0.465 e. The van der Waals surface area contributed by atoms with Gasteiger partial charge in [-0.25, -0.2) is 14.8 Å². The van der Waals surface area contributed by atoms with Crippen molar-refractivity contribution in [1.82, 2.24) is 19.1 Å². The lowest BCUT2D eigenvalue weighted by molar-refractivity contribution is 0.0601. The molecule has 0 radical (unpaired) electrons. The Labute approximate surface area is 205 Å². The molecular formula is C29H30N4O2. The highest BCUT2D eigenvalue weighted by Crippen LogP contribution is 2.32. The van der Waals surface area contributed by atoms with Gasteiger partial charge in [-0.3, -0.25) is 0 Å². The number of carbonyl (C=O) groups is 1. The Morgan fingerprint density at radius 1 is 0.886 bits per heavy atom. The largest absolute Gasteiger partial charge is 0.465 e. The number of rotatable bonds is 7. The van der Waals surface area contributed by atoms with Crippen molar-refractivity contribution < 1.29 is 9.53 Å². The van der Waals surface area contributed by atoms with Gasteiger partial charge in [0.1, 0.15) is 11.6 Å². The molecule has 35 heavy (non-hydrogen) atoms. The van der Waals surface area contributed by atoms with Crippen LogP contribution in [0.15, 0.2) is 66.7 Å². The molecule has 3 aromatic carbocycles. The molecule has 0 aliphatic heterocycles. The molecule has 5 rings (SSSR count). The van der Waals surface area contributed by atoms with E-state index < -0.39 is 0 Å². The van der Waals surface area contributed by atoms with E-state index in [1.165, 1.54) is 7.11 Å². The number of nitrogens with zero attached hydrogens (tertiary/aromatic N) is 4. The van der Waals surface area contributed by atoms with Crippen LogP contribution in [0.2, 0.25) is 0 Å². The number of imidazole rings is 2. The van der Waals surface area contributed by atoms with E-state index in [9.17, 15) is 4.79 Å². The topological polar surface area (TPSA) is 61.9 Å². The highest BCUT2D eigenvalue weighted by Gasteiger charge is 2.19. The Morgan fingerprint density at radius 2 is 1.60 bits per heavy atom. The summed E-state index contributed by atoms with van der Waals surface area (Å²) < 4.78 is 9.44. The van der Waals surface area contributed by atoms with Crippen LogP contribution in [0.5, 0.6) is 0 Å². The zero-order valence-corrected chi connectivity index (χ0v) is 20.7. The van der Waals surface area contributed by atoms with E-state index in [-0.39, 0.29) is 12.0 Å². The SMILES string of the molecule is CCCCn1c(-c2ccc3c(c2)nc(-c2ccccc2)n3C(C)C)nc2cc(C(=O)OC)ccc21. The fourth-order valence-corrected chi connectivity index (χ4v) is 4.69. The van der Waals surface area contributed by atoms with Crippen LogP contribution >= 0.6 is 0 Å². The standard InChI is InChI=1S/C29H30N4O2/c1-5-6-16-32-25-14-13-22(29(34)35-4)18-23(25)30-27(32)21-12-15-26-24(17-21)31-28(33(26)19(2)3)20-10-8-7-9-11-20/h7-15,17-19H,5-6,16H2,1-4H3. The maximum atomic E-state index is 12.1. The second-order valence-corrected chi connectivity index (χ2v) is 9.10. The van der Waals surface area contributed by atoms with Gasteiger partial charge in [0.05, 0.1) is 34.7 Å². The minimum atomic E-state index is -0.356. The Bertz CT molecular complexity index is 1510. The molecule has 0 saturated carbocycles. The first kappa shape index (κ1) is 22.8. The van der Waals surface area contributed by atoms with Gasteiger partial charge < -0.3 is 13.9 Å². The van der Waals surface area contributed by atoms with Gasteiger partial charge in [-0.05, 0) is 56.7 Å². The number of hydrogen-bond donors (Lipinski definition) is 0. The second-order valence-electron chi connectivity index (χ2n) is 9.10. The average Bonchev–Trinajstić information content (AvgIpc) is 3.45. The predicted octanol–water partition coefficient (Wildman–Crippen LogP) is 6.89. The maximum Gasteiger partial charge on any atom is 0.337 e. The molecule has 6 nitrogen and oxygen atoms in total. The third kappa shape index (κ3) is 4.09. The van der Waals surface area contributed by atoms with Crippen LogP contribution < -0.4 is 0 Å². The summed E-state index contributed by atoms with van der Waals surface area (Å²) in [6.45, 7) is 7.41. The molecule has 178 valence electrons. The third-order valence-electron chi connectivity index (χ3n) is 6.40. The molecule has 0 aliphatic rings. The van der Waals surface area contributed by atoms with Crippen LogP contribution in [-0.2, 0) is 11.3 Å². The van der Waals surface area contributed by atoms with E-state index in [0.29, 0.717) is 5.56 Å². The minimum absolute atomic E-state index is 0.270. The van der Waals surface area contributed by atoms with E-state index in [1.807, 2.05) is 36.4 Å². The Kier molecular flexibility index (Phi) is 6.12. The Balaban J connectivity index is 1.68. The second kappa shape index (κ2) is 9.37. The van der Waals surface area contributed by atoms with Gasteiger partial charge >= 0.3 is 5.97 Å². The monoisotopic (exact) mass is 466 g/mol. The fraction of sp³-hybridized carbons (Fsp3) is 0.276. The number of ether oxygens (including phenoxy) is 1. The lowest BCUT2D eigenvalue weighted by Crippen LogP contribution is -2.03. The smallest absolute Gasteiger partial charge is 0.337 e. The van der Waals surface area contributed by atoms with Crippen molar-refractivity contribution in [3.05, 3.63) is 72.3 Å². The Morgan fingerprint density at radius 3 is 2.31 bits per heavy atom. The molecule has 0 unspecified atom stereocenters. The van der Waals surface area contributed by atoms with Gasteiger partial charge in [-0.1, -0.05) is 43.7 Å². The summed E-state index contributed by atoms with van der Waals surface area (Å²) in [7, 11) is 1.40. The molecule has 0 amide bonds. The molecule has 0 atom stereocenters. The number of aromatic nitrogens is 4. The van der Waals surface area contributed by atoms with Crippen LogP contribution in [0.3, 0.4) is 0 Å². The van der Waals surface area contributed by atoms with Crippen molar-refractivity contribution in [2.75, 3.05) is 7.11 Å². The van der Waals surface area contributed by atoms with E-state index in [2.05, 4.69) is 60.2 Å². The maximum absolute atomic E-state index is 12.1. The molecule has 0 spiro atoms. The van der Waals surface area contributed by atoms with E-state index >= 15 is 0 Å². The summed E-state index contributed by atoms with van der Waals surface area (Å²) in [6.07, 6.45) is 2.12. The Hall–Kier alpha value is -3.93. The molecule has 0 N–H and O–H groups in total. The van der Waals surface area contributed by atoms with Gasteiger partial charge in [-0.2, -0.15) is 0 Å². The van der Waals surface area contributed by atoms with Crippen LogP contribution in [0.1, 0.15) is 50.0 Å². The first-order valence-electron chi connectivity index (χ1n) is 12.2. The number of carbonyl (C=O) groups excluding carboxylic acids is 1. The average molecular weight is 467 g/mol. The molecule has 0 fully saturated rings. The zero-order valence-electron chi connectivity index (χ0n) is 20.7. The van der Waals surface area contributed by atoms with Crippen molar-refractivity contribution in [2.45, 2.75) is 46.2 Å². The van der Waals surface area contributed by atoms with Gasteiger partial charge in [0.15, 0.2) is 0 Å². The van der Waals surface area contributed by atoms with Crippen LogP contribution in [0, 0.1) is 0 Å². The summed E-state index contributed by atoms with van der Waals surface area (Å²) in [6, 6.07) is 22.6. The first-order chi connectivity index (χ1) is 17.0.